The third kappa shape index (κ3) is 2.33. The molecule has 1 heterocycles. The van der Waals surface area contributed by atoms with Crippen molar-refractivity contribution in [3.05, 3.63) is 72.3 Å². The first-order valence-corrected chi connectivity index (χ1v) is 8.28. The van der Waals surface area contributed by atoms with Crippen LogP contribution in [0.25, 0.3) is 33.1 Å². The minimum absolute atomic E-state index is 0.603. The highest BCUT2D eigenvalue weighted by molar-refractivity contribution is 6.09. The van der Waals surface area contributed by atoms with Crippen LogP contribution in [0.4, 0.5) is 0 Å². The van der Waals surface area contributed by atoms with Crippen LogP contribution in [0.2, 0.25) is 0 Å². The molecular formula is C22H20O. The summed E-state index contributed by atoms with van der Waals surface area (Å²) in [6, 6.07) is 23.5. The summed E-state index contributed by atoms with van der Waals surface area (Å²) in [7, 11) is 0. The van der Waals surface area contributed by atoms with Crippen LogP contribution in [0.5, 0.6) is 0 Å². The largest absolute Gasteiger partial charge is 0.455 e. The molecule has 0 aliphatic rings. The van der Waals surface area contributed by atoms with Crippen LogP contribution in [-0.4, -0.2) is 0 Å². The number of rotatable bonds is 3. The molecule has 1 heteroatoms. The summed E-state index contributed by atoms with van der Waals surface area (Å²) in [5.41, 5.74) is 5.69. The molecule has 0 radical (unpaired) electrons. The number of furan rings is 1. The Morgan fingerprint density at radius 3 is 2.35 bits per heavy atom. The van der Waals surface area contributed by atoms with Gasteiger partial charge in [-0.15, -0.1) is 0 Å². The first-order valence-electron chi connectivity index (χ1n) is 8.28. The van der Waals surface area contributed by atoms with Crippen LogP contribution in [0, 0.1) is 0 Å². The molecular weight excluding hydrogens is 280 g/mol. The van der Waals surface area contributed by atoms with Crippen LogP contribution in [0.1, 0.15) is 31.7 Å². The van der Waals surface area contributed by atoms with Gasteiger partial charge in [0.05, 0.1) is 0 Å². The second-order valence-corrected chi connectivity index (χ2v) is 6.21. The second kappa shape index (κ2) is 5.58. The van der Waals surface area contributed by atoms with E-state index < -0.39 is 0 Å². The van der Waals surface area contributed by atoms with E-state index in [2.05, 4.69) is 68.4 Å². The van der Waals surface area contributed by atoms with Crippen molar-refractivity contribution in [3.8, 4) is 11.1 Å². The Hall–Kier alpha value is -2.54. The summed E-state index contributed by atoms with van der Waals surface area (Å²) in [6.07, 6.45) is 1.17. The average Bonchev–Trinajstić information content (AvgIpc) is 3.00. The third-order valence-corrected chi connectivity index (χ3v) is 4.81. The van der Waals surface area contributed by atoms with Gasteiger partial charge in [0.2, 0.25) is 0 Å². The van der Waals surface area contributed by atoms with Crippen molar-refractivity contribution in [1.29, 1.82) is 0 Å². The number of fused-ring (bicyclic) bond motifs is 3. The Kier molecular flexibility index (Phi) is 3.42. The van der Waals surface area contributed by atoms with E-state index in [1.54, 1.807) is 0 Å². The van der Waals surface area contributed by atoms with Crippen LogP contribution in [0.15, 0.2) is 71.1 Å². The Labute approximate surface area is 136 Å². The van der Waals surface area contributed by atoms with Gasteiger partial charge < -0.3 is 4.42 Å². The van der Waals surface area contributed by atoms with Gasteiger partial charge in [-0.05, 0) is 29.5 Å². The van der Waals surface area contributed by atoms with Gasteiger partial charge in [-0.1, -0.05) is 74.5 Å². The van der Waals surface area contributed by atoms with Crippen molar-refractivity contribution >= 4 is 21.9 Å². The molecule has 0 spiro atoms. The highest BCUT2D eigenvalue weighted by atomic mass is 16.3. The normalized spacial score (nSPS) is 12.8. The van der Waals surface area contributed by atoms with E-state index in [1.807, 2.05) is 12.1 Å². The molecule has 0 saturated heterocycles. The molecule has 23 heavy (non-hydrogen) atoms. The topological polar surface area (TPSA) is 13.1 Å². The van der Waals surface area contributed by atoms with E-state index in [9.17, 15) is 0 Å². The van der Waals surface area contributed by atoms with Crippen molar-refractivity contribution in [2.24, 2.45) is 0 Å². The van der Waals surface area contributed by atoms with E-state index in [0.717, 1.165) is 16.7 Å². The zero-order valence-corrected chi connectivity index (χ0v) is 13.5. The molecule has 0 fully saturated rings. The molecule has 0 bridgehead atoms. The fourth-order valence-electron chi connectivity index (χ4n) is 3.20. The Balaban J connectivity index is 1.88. The lowest BCUT2D eigenvalue weighted by atomic mass is 9.95. The lowest BCUT2D eigenvalue weighted by molar-refractivity contribution is 0.670. The minimum Gasteiger partial charge on any atom is -0.455 e. The Bertz CT molecular complexity index is 960. The van der Waals surface area contributed by atoms with E-state index in [0.29, 0.717) is 5.92 Å². The maximum absolute atomic E-state index is 6.14. The van der Waals surface area contributed by atoms with Crippen LogP contribution in [0.3, 0.4) is 0 Å². The summed E-state index contributed by atoms with van der Waals surface area (Å²) in [4.78, 5) is 0. The molecule has 0 N–H and O–H groups in total. The van der Waals surface area contributed by atoms with E-state index in [4.69, 9.17) is 4.42 Å². The molecule has 1 atom stereocenters. The molecule has 4 rings (SSSR count). The molecule has 0 aliphatic heterocycles. The Morgan fingerprint density at radius 2 is 1.57 bits per heavy atom. The lowest BCUT2D eigenvalue weighted by Crippen LogP contribution is -1.90. The summed E-state index contributed by atoms with van der Waals surface area (Å²) >= 11 is 0. The van der Waals surface area contributed by atoms with Crippen molar-refractivity contribution < 1.29 is 4.42 Å². The average molecular weight is 300 g/mol. The number of benzene rings is 3. The van der Waals surface area contributed by atoms with Gasteiger partial charge in [-0.25, -0.2) is 0 Å². The SMILES string of the molecule is CCC(C)c1ccc(-c2cccc3c2oc2ccccc23)cc1. The zero-order valence-electron chi connectivity index (χ0n) is 13.5. The van der Waals surface area contributed by atoms with Crippen molar-refractivity contribution in [3.63, 3.8) is 0 Å². The second-order valence-electron chi connectivity index (χ2n) is 6.21. The first kappa shape index (κ1) is 14.1. The standard InChI is InChI=1S/C22H20O/c1-3-15(2)16-11-13-17(14-12-16)18-8-6-9-20-19-7-4-5-10-21(19)23-22(18)20/h4-15H,3H2,1-2H3. The van der Waals surface area contributed by atoms with E-state index >= 15 is 0 Å². The molecule has 1 aromatic heterocycles. The van der Waals surface area contributed by atoms with Gasteiger partial charge in [0.25, 0.3) is 0 Å². The Morgan fingerprint density at radius 1 is 0.826 bits per heavy atom. The maximum atomic E-state index is 6.14. The molecule has 4 aromatic rings. The van der Waals surface area contributed by atoms with Crippen molar-refractivity contribution in [2.45, 2.75) is 26.2 Å². The monoisotopic (exact) mass is 300 g/mol. The maximum Gasteiger partial charge on any atom is 0.143 e. The van der Waals surface area contributed by atoms with Gasteiger partial charge >= 0.3 is 0 Å². The minimum atomic E-state index is 0.603. The summed E-state index contributed by atoms with van der Waals surface area (Å²) in [5.74, 6) is 0.603. The molecule has 0 aliphatic carbocycles. The van der Waals surface area contributed by atoms with Crippen LogP contribution < -0.4 is 0 Å². The molecule has 114 valence electrons. The van der Waals surface area contributed by atoms with Crippen molar-refractivity contribution in [1.82, 2.24) is 0 Å². The highest BCUT2D eigenvalue weighted by Gasteiger charge is 2.12. The summed E-state index contributed by atoms with van der Waals surface area (Å²) in [6.45, 7) is 4.50. The molecule has 0 saturated carbocycles. The number of hydrogen-bond donors (Lipinski definition) is 0. The molecule has 0 amide bonds. The molecule has 3 aromatic carbocycles. The first-order chi connectivity index (χ1) is 11.3. The highest BCUT2D eigenvalue weighted by Crippen LogP contribution is 2.36. The van der Waals surface area contributed by atoms with Gasteiger partial charge in [0, 0.05) is 16.3 Å². The third-order valence-electron chi connectivity index (χ3n) is 4.81. The van der Waals surface area contributed by atoms with Gasteiger partial charge in [0.1, 0.15) is 11.2 Å². The predicted molar refractivity (Wildman–Crippen MR) is 97.9 cm³/mol. The van der Waals surface area contributed by atoms with E-state index in [-0.39, 0.29) is 0 Å². The predicted octanol–water partition coefficient (Wildman–Crippen LogP) is 6.77. The van der Waals surface area contributed by atoms with Crippen molar-refractivity contribution in [2.75, 3.05) is 0 Å². The van der Waals surface area contributed by atoms with Crippen LogP contribution >= 0.6 is 0 Å². The number of para-hydroxylation sites is 2. The summed E-state index contributed by atoms with van der Waals surface area (Å²) in [5, 5.41) is 2.37. The van der Waals surface area contributed by atoms with Gasteiger partial charge in [-0.3, -0.25) is 0 Å². The van der Waals surface area contributed by atoms with Crippen LogP contribution in [-0.2, 0) is 0 Å². The fourth-order valence-corrected chi connectivity index (χ4v) is 3.20. The lowest BCUT2D eigenvalue weighted by Gasteiger charge is -2.10. The molecule has 1 unspecified atom stereocenters. The van der Waals surface area contributed by atoms with Gasteiger partial charge in [-0.2, -0.15) is 0 Å². The molecule has 1 nitrogen and oxygen atoms in total. The zero-order chi connectivity index (χ0) is 15.8. The smallest absolute Gasteiger partial charge is 0.143 e. The quantitative estimate of drug-likeness (QED) is 0.407. The van der Waals surface area contributed by atoms with E-state index in [1.165, 1.54) is 28.3 Å². The number of hydrogen-bond acceptors (Lipinski definition) is 1. The summed E-state index contributed by atoms with van der Waals surface area (Å²) < 4.78 is 6.14. The fraction of sp³-hybridized carbons (Fsp3) is 0.182. The van der Waals surface area contributed by atoms with Gasteiger partial charge in [0.15, 0.2) is 0 Å².